The van der Waals surface area contributed by atoms with Crippen molar-refractivity contribution in [2.75, 3.05) is 13.1 Å². The van der Waals surface area contributed by atoms with Crippen molar-refractivity contribution in [1.82, 2.24) is 15.1 Å². The van der Waals surface area contributed by atoms with Crippen molar-refractivity contribution in [2.24, 2.45) is 7.05 Å². The quantitative estimate of drug-likeness (QED) is 0.683. The zero-order valence-electron chi connectivity index (χ0n) is 10.5. The first-order chi connectivity index (χ1) is 7.61. The van der Waals surface area contributed by atoms with Crippen molar-refractivity contribution in [3.63, 3.8) is 0 Å². The number of aromatic nitrogens is 2. The van der Waals surface area contributed by atoms with Gasteiger partial charge < -0.3 is 10.4 Å². The van der Waals surface area contributed by atoms with E-state index in [4.69, 9.17) is 0 Å². The van der Waals surface area contributed by atoms with E-state index in [0.717, 1.165) is 25.8 Å². The molecule has 1 rings (SSSR count). The summed E-state index contributed by atoms with van der Waals surface area (Å²) in [6.45, 7) is 5.58. The molecule has 16 heavy (non-hydrogen) atoms. The predicted molar refractivity (Wildman–Crippen MR) is 65.3 cm³/mol. The van der Waals surface area contributed by atoms with Gasteiger partial charge in [-0.15, -0.1) is 0 Å². The van der Waals surface area contributed by atoms with Crippen LogP contribution in [0.25, 0.3) is 0 Å². The van der Waals surface area contributed by atoms with Crippen LogP contribution < -0.4 is 5.32 Å². The van der Waals surface area contributed by atoms with Crippen LogP contribution in [-0.4, -0.2) is 33.6 Å². The Hall–Kier alpha value is -0.870. The van der Waals surface area contributed by atoms with Crippen molar-refractivity contribution >= 4 is 0 Å². The smallest absolute Gasteiger partial charge is 0.0766 e. The second-order valence-corrected chi connectivity index (χ2v) is 4.30. The molecule has 92 valence electrons. The van der Waals surface area contributed by atoms with E-state index >= 15 is 0 Å². The van der Waals surface area contributed by atoms with Crippen LogP contribution in [0.3, 0.4) is 0 Å². The molecule has 0 spiro atoms. The average molecular weight is 225 g/mol. The highest BCUT2D eigenvalue weighted by Gasteiger charge is 2.20. The summed E-state index contributed by atoms with van der Waals surface area (Å²) in [5, 5.41) is 17.5. The van der Waals surface area contributed by atoms with Crippen LogP contribution in [-0.2, 0) is 13.5 Å². The molecule has 4 heteroatoms. The van der Waals surface area contributed by atoms with Crippen molar-refractivity contribution < 1.29 is 5.11 Å². The molecule has 1 aromatic heterocycles. The predicted octanol–water partition coefficient (Wildman–Crippen LogP) is 1.10. The van der Waals surface area contributed by atoms with Crippen LogP contribution in [0.2, 0.25) is 0 Å². The summed E-state index contributed by atoms with van der Waals surface area (Å²) >= 11 is 0. The van der Waals surface area contributed by atoms with Gasteiger partial charge in [0.1, 0.15) is 0 Å². The summed E-state index contributed by atoms with van der Waals surface area (Å²) in [5.41, 5.74) is 0.663. The maximum atomic E-state index is 10.1. The molecule has 1 heterocycles. The summed E-state index contributed by atoms with van der Waals surface area (Å²) in [7, 11) is 1.95. The van der Waals surface area contributed by atoms with E-state index in [1.807, 2.05) is 37.8 Å². The number of nitrogens with zero attached hydrogens (tertiary/aromatic N) is 2. The third-order valence-corrected chi connectivity index (χ3v) is 3.25. The lowest BCUT2D eigenvalue weighted by molar-refractivity contribution is 0.0328. The second-order valence-electron chi connectivity index (χ2n) is 4.30. The van der Waals surface area contributed by atoms with Crippen molar-refractivity contribution in [3.05, 3.63) is 18.0 Å². The fourth-order valence-corrected chi connectivity index (χ4v) is 1.68. The summed E-state index contributed by atoms with van der Waals surface area (Å²) in [4.78, 5) is 0. The molecule has 0 saturated heterocycles. The lowest BCUT2D eigenvalue weighted by Gasteiger charge is -2.25. The topological polar surface area (TPSA) is 50.1 Å². The molecule has 0 amide bonds. The Morgan fingerprint density at radius 1 is 1.44 bits per heavy atom. The average Bonchev–Trinajstić information content (AvgIpc) is 2.70. The number of aliphatic hydroxyl groups is 1. The van der Waals surface area contributed by atoms with Gasteiger partial charge in [-0.25, -0.2) is 0 Å². The summed E-state index contributed by atoms with van der Waals surface area (Å²) < 4.78 is 1.88. The molecule has 1 aromatic rings. The van der Waals surface area contributed by atoms with Gasteiger partial charge >= 0.3 is 0 Å². The van der Waals surface area contributed by atoms with Gasteiger partial charge in [0, 0.05) is 38.4 Å². The maximum Gasteiger partial charge on any atom is 0.0766 e. The van der Waals surface area contributed by atoms with Crippen LogP contribution in [0.1, 0.15) is 32.4 Å². The van der Waals surface area contributed by atoms with Crippen molar-refractivity contribution in [2.45, 2.75) is 38.7 Å². The third-order valence-electron chi connectivity index (χ3n) is 3.25. The van der Waals surface area contributed by atoms with Crippen molar-refractivity contribution in [1.29, 1.82) is 0 Å². The van der Waals surface area contributed by atoms with Crippen LogP contribution in [0.4, 0.5) is 0 Å². The number of aryl methyl sites for hydroxylation is 1. The van der Waals surface area contributed by atoms with Gasteiger partial charge in [0.2, 0.25) is 0 Å². The number of hydrogen-bond acceptors (Lipinski definition) is 3. The molecule has 0 unspecified atom stereocenters. The lowest BCUT2D eigenvalue weighted by atomic mass is 9.97. The fraction of sp³-hybridized carbons (Fsp3) is 0.750. The Kier molecular flexibility index (Phi) is 4.96. The molecule has 0 aromatic carbocycles. The van der Waals surface area contributed by atoms with Crippen molar-refractivity contribution in [3.8, 4) is 0 Å². The van der Waals surface area contributed by atoms with Crippen LogP contribution in [0.15, 0.2) is 12.3 Å². The van der Waals surface area contributed by atoms with Gasteiger partial charge in [-0.2, -0.15) is 5.10 Å². The van der Waals surface area contributed by atoms with Gasteiger partial charge in [-0.1, -0.05) is 13.8 Å². The molecule has 0 fully saturated rings. The number of hydrogen-bond donors (Lipinski definition) is 2. The summed E-state index contributed by atoms with van der Waals surface area (Å²) in [6, 6.07) is 2.02. The van der Waals surface area contributed by atoms with Gasteiger partial charge in [0.15, 0.2) is 0 Å². The molecule has 0 atom stereocenters. The van der Waals surface area contributed by atoms with Gasteiger partial charge in [0.05, 0.1) is 5.60 Å². The summed E-state index contributed by atoms with van der Waals surface area (Å²) in [5.74, 6) is 0. The van der Waals surface area contributed by atoms with E-state index in [-0.39, 0.29) is 0 Å². The minimum Gasteiger partial charge on any atom is -0.389 e. The highest BCUT2D eigenvalue weighted by molar-refractivity contribution is 5.00. The van der Waals surface area contributed by atoms with Gasteiger partial charge in [-0.05, 0) is 18.9 Å². The Balaban J connectivity index is 2.24. The first kappa shape index (κ1) is 13.2. The molecule has 4 nitrogen and oxygen atoms in total. The van der Waals surface area contributed by atoms with E-state index in [1.54, 1.807) is 0 Å². The molecule has 0 aliphatic heterocycles. The molecular formula is C12H23N3O. The van der Waals surface area contributed by atoms with Crippen LogP contribution >= 0.6 is 0 Å². The summed E-state index contributed by atoms with van der Waals surface area (Å²) in [6.07, 6.45) is 4.34. The Morgan fingerprint density at radius 3 is 2.62 bits per heavy atom. The SMILES string of the molecule is CCC(O)(CC)CNCCc1ccnn1C. The molecule has 2 N–H and O–H groups in total. The zero-order chi connectivity index (χ0) is 12.0. The largest absolute Gasteiger partial charge is 0.389 e. The Labute approximate surface area is 97.7 Å². The maximum absolute atomic E-state index is 10.1. The Morgan fingerprint density at radius 2 is 2.12 bits per heavy atom. The monoisotopic (exact) mass is 225 g/mol. The molecular weight excluding hydrogens is 202 g/mol. The van der Waals surface area contributed by atoms with E-state index in [9.17, 15) is 5.11 Å². The minimum atomic E-state index is -0.549. The lowest BCUT2D eigenvalue weighted by Crippen LogP contribution is -2.40. The highest BCUT2D eigenvalue weighted by atomic mass is 16.3. The van der Waals surface area contributed by atoms with Crippen LogP contribution in [0, 0.1) is 0 Å². The number of rotatable bonds is 7. The van der Waals surface area contributed by atoms with Gasteiger partial charge in [-0.3, -0.25) is 4.68 Å². The first-order valence-corrected chi connectivity index (χ1v) is 6.01. The molecule has 0 aliphatic carbocycles. The normalized spacial score (nSPS) is 12.0. The van der Waals surface area contributed by atoms with E-state index in [0.29, 0.717) is 6.54 Å². The minimum absolute atomic E-state index is 0.549. The first-order valence-electron chi connectivity index (χ1n) is 6.01. The van der Waals surface area contributed by atoms with Crippen LogP contribution in [0.5, 0.6) is 0 Å². The van der Waals surface area contributed by atoms with Gasteiger partial charge in [0.25, 0.3) is 0 Å². The van der Waals surface area contributed by atoms with E-state index in [1.165, 1.54) is 5.69 Å². The highest BCUT2D eigenvalue weighted by Crippen LogP contribution is 2.12. The number of nitrogens with one attached hydrogen (secondary N) is 1. The zero-order valence-corrected chi connectivity index (χ0v) is 10.5. The third kappa shape index (κ3) is 3.61. The Bertz CT molecular complexity index is 305. The molecule has 0 aliphatic rings. The standard InChI is InChI=1S/C12H23N3O/c1-4-12(16,5-2)10-13-8-6-11-7-9-14-15(11)3/h7,9,13,16H,4-6,8,10H2,1-3H3. The fourth-order valence-electron chi connectivity index (χ4n) is 1.68. The molecule has 0 bridgehead atoms. The van der Waals surface area contributed by atoms with E-state index < -0.39 is 5.60 Å². The second kappa shape index (κ2) is 6.01. The molecule has 0 radical (unpaired) electrons. The molecule has 0 saturated carbocycles. The van der Waals surface area contributed by atoms with E-state index in [2.05, 4.69) is 10.4 Å².